The zero-order valence-corrected chi connectivity index (χ0v) is 12.9. The van der Waals surface area contributed by atoms with Crippen LogP contribution in [-0.4, -0.2) is 35.2 Å². The van der Waals surface area contributed by atoms with E-state index in [1.165, 1.54) is 0 Å². The number of nitrogens with zero attached hydrogens (tertiary/aromatic N) is 1. The molecule has 1 aliphatic heterocycles. The quantitative estimate of drug-likeness (QED) is 0.852. The van der Waals surface area contributed by atoms with Crippen LogP contribution in [0.25, 0.3) is 0 Å². The first-order chi connectivity index (χ1) is 11.2. The highest BCUT2D eigenvalue weighted by atomic mass is 16.3. The van der Waals surface area contributed by atoms with Crippen LogP contribution in [0.4, 0.5) is 5.69 Å². The number of benzene rings is 2. The number of para-hydroxylation sites is 1. The van der Waals surface area contributed by atoms with Crippen molar-refractivity contribution in [2.75, 3.05) is 18.0 Å². The number of aliphatic hydroxyl groups is 2. The third kappa shape index (κ3) is 3.44. The molecule has 0 spiro atoms. The van der Waals surface area contributed by atoms with Crippen molar-refractivity contribution in [2.24, 2.45) is 0 Å². The van der Waals surface area contributed by atoms with Crippen molar-refractivity contribution in [3.63, 3.8) is 0 Å². The number of ketones is 1. The highest BCUT2D eigenvalue weighted by molar-refractivity contribution is 6.04. The normalized spacial score (nSPS) is 17.0. The van der Waals surface area contributed by atoms with Crippen molar-refractivity contribution in [3.8, 4) is 0 Å². The Morgan fingerprint density at radius 1 is 1.00 bits per heavy atom. The van der Waals surface area contributed by atoms with Crippen LogP contribution >= 0.6 is 0 Å². The van der Waals surface area contributed by atoms with Gasteiger partial charge in [-0.2, -0.15) is 0 Å². The van der Waals surface area contributed by atoms with Crippen LogP contribution < -0.4 is 4.90 Å². The number of carbonyl (C=O) groups is 1. The molecule has 0 aliphatic carbocycles. The third-order valence-electron chi connectivity index (χ3n) is 4.34. The molecular formula is C19H21NO3. The van der Waals surface area contributed by atoms with Crippen molar-refractivity contribution < 1.29 is 15.0 Å². The highest BCUT2D eigenvalue weighted by Crippen LogP contribution is 2.28. The zero-order valence-electron chi connectivity index (χ0n) is 12.9. The predicted molar refractivity (Wildman–Crippen MR) is 89.6 cm³/mol. The van der Waals surface area contributed by atoms with E-state index < -0.39 is 6.10 Å². The average molecular weight is 311 g/mol. The second kappa shape index (κ2) is 6.94. The van der Waals surface area contributed by atoms with Gasteiger partial charge in [-0.3, -0.25) is 4.79 Å². The molecule has 4 nitrogen and oxygen atoms in total. The summed E-state index contributed by atoms with van der Waals surface area (Å²) < 4.78 is 0. The third-order valence-corrected chi connectivity index (χ3v) is 4.34. The van der Waals surface area contributed by atoms with E-state index >= 15 is 0 Å². The van der Waals surface area contributed by atoms with Gasteiger partial charge in [-0.25, -0.2) is 0 Å². The lowest BCUT2D eigenvalue weighted by molar-refractivity contribution is 0.0748. The Bertz CT molecular complexity index is 663. The Hall–Kier alpha value is -2.17. The van der Waals surface area contributed by atoms with Gasteiger partial charge in [0.2, 0.25) is 0 Å². The monoisotopic (exact) mass is 311 g/mol. The zero-order chi connectivity index (χ0) is 16.2. The molecule has 2 N–H and O–H groups in total. The van der Waals surface area contributed by atoms with Gasteiger partial charge in [-0.05, 0) is 30.5 Å². The maximum absolute atomic E-state index is 12.7. The van der Waals surface area contributed by atoms with E-state index in [9.17, 15) is 15.0 Å². The molecule has 0 bridgehead atoms. The Kier molecular flexibility index (Phi) is 4.74. The van der Waals surface area contributed by atoms with E-state index in [4.69, 9.17) is 0 Å². The van der Waals surface area contributed by atoms with Gasteiger partial charge in [-0.15, -0.1) is 0 Å². The Morgan fingerprint density at radius 3 is 2.30 bits per heavy atom. The first kappa shape index (κ1) is 15.7. The summed E-state index contributed by atoms with van der Waals surface area (Å²) in [6.07, 6.45) is -0.0233. The number of anilines is 1. The van der Waals surface area contributed by atoms with Crippen LogP contribution in [0.15, 0.2) is 54.6 Å². The Labute approximate surface area is 136 Å². The van der Waals surface area contributed by atoms with Crippen LogP contribution in [0, 0.1) is 0 Å². The summed E-state index contributed by atoms with van der Waals surface area (Å²) in [4.78, 5) is 14.9. The van der Waals surface area contributed by atoms with Gasteiger partial charge in [0.25, 0.3) is 0 Å². The maximum atomic E-state index is 12.7. The first-order valence-electron chi connectivity index (χ1n) is 7.96. The molecule has 0 amide bonds. The fraction of sp³-hybridized carbons (Fsp3) is 0.316. The van der Waals surface area contributed by atoms with Crippen LogP contribution in [0.5, 0.6) is 0 Å². The van der Waals surface area contributed by atoms with Gasteiger partial charge in [0, 0.05) is 24.3 Å². The predicted octanol–water partition coefficient (Wildman–Crippen LogP) is 2.56. The summed E-state index contributed by atoms with van der Waals surface area (Å²) in [5.74, 6) is -0.294. The lowest BCUT2D eigenvalue weighted by Gasteiger charge is -2.32. The van der Waals surface area contributed by atoms with E-state index in [-0.39, 0.29) is 11.9 Å². The molecular weight excluding hydrogens is 290 g/mol. The van der Waals surface area contributed by atoms with Crippen LogP contribution in [0.1, 0.15) is 34.9 Å². The summed E-state index contributed by atoms with van der Waals surface area (Å²) in [6, 6.07) is 16.4. The van der Waals surface area contributed by atoms with Crippen molar-refractivity contribution in [1.82, 2.24) is 0 Å². The minimum Gasteiger partial charge on any atom is -0.393 e. The lowest BCUT2D eigenvalue weighted by atomic mass is 9.97. The van der Waals surface area contributed by atoms with Gasteiger partial charge in [0.15, 0.2) is 5.78 Å². The second-order valence-electron chi connectivity index (χ2n) is 5.91. The Morgan fingerprint density at radius 2 is 1.61 bits per heavy atom. The van der Waals surface area contributed by atoms with Gasteiger partial charge in [-0.1, -0.05) is 42.5 Å². The first-order valence-corrected chi connectivity index (χ1v) is 7.96. The summed E-state index contributed by atoms with van der Waals surface area (Å²) in [5.41, 5.74) is 1.96. The van der Waals surface area contributed by atoms with E-state index in [1.807, 2.05) is 36.4 Å². The number of aliphatic hydroxyl groups excluding tert-OH is 2. The highest BCUT2D eigenvalue weighted by Gasteiger charge is 2.25. The molecule has 1 unspecified atom stereocenters. The van der Waals surface area contributed by atoms with E-state index in [0.717, 1.165) is 5.69 Å². The number of Topliss-reactive ketones (excluding diaryl/α,β-unsaturated/α-hetero) is 1. The van der Waals surface area contributed by atoms with Crippen molar-refractivity contribution in [2.45, 2.75) is 25.0 Å². The number of piperidine rings is 1. The molecule has 3 rings (SSSR count). The van der Waals surface area contributed by atoms with E-state index in [1.54, 1.807) is 18.2 Å². The summed E-state index contributed by atoms with van der Waals surface area (Å²) in [6.45, 7) is 1.43. The molecule has 1 aliphatic rings. The van der Waals surface area contributed by atoms with Crippen molar-refractivity contribution in [1.29, 1.82) is 0 Å². The standard InChI is InChI=1S/C19H21NO3/c21-15-10-12-20(13-11-15)17-9-5-4-8-16(17)19(23)18(22)14-6-2-1-3-7-14/h1-9,15,18,21-22H,10-13H2. The molecule has 120 valence electrons. The molecule has 2 aromatic carbocycles. The number of carbonyl (C=O) groups excluding carboxylic acids is 1. The lowest BCUT2D eigenvalue weighted by Crippen LogP contribution is -2.36. The molecule has 23 heavy (non-hydrogen) atoms. The fourth-order valence-electron chi connectivity index (χ4n) is 3.00. The minimum absolute atomic E-state index is 0.260. The average Bonchev–Trinajstić information content (AvgIpc) is 2.62. The molecule has 1 atom stereocenters. The van der Waals surface area contributed by atoms with E-state index in [0.29, 0.717) is 37.1 Å². The molecule has 0 aromatic heterocycles. The molecule has 4 heteroatoms. The van der Waals surface area contributed by atoms with Crippen LogP contribution in [0.3, 0.4) is 0 Å². The van der Waals surface area contributed by atoms with Crippen LogP contribution in [-0.2, 0) is 0 Å². The topological polar surface area (TPSA) is 60.8 Å². The largest absolute Gasteiger partial charge is 0.393 e. The molecule has 1 heterocycles. The summed E-state index contributed by atoms with van der Waals surface area (Å²) >= 11 is 0. The van der Waals surface area contributed by atoms with Crippen LogP contribution in [0.2, 0.25) is 0 Å². The summed E-state index contributed by atoms with van der Waals surface area (Å²) in [5, 5.41) is 20.1. The molecule has 0 saturated carbocycles. The Balaban J connectivity index is 1.86. The summed E-state index contributed by atoms with van der Waals surface area (Å²) in [7, 11) is 0. The van der Waals surface area contributed by atoms with Gasteiger partial charge in [0.1, 0.15) is 6.10 Å². The van der Waals surface area contributed by atoms with Crippen molar-refractivity contribution >= 4 is 11.5 Å². The fourth-order valence-corrected chi connectivity index (χ4v) is 3.00. The van der Waals surface area contributed by atoms with Crippen molar-refractivity contribution in [3.05, 3.63) is 65.7 Å². The number of hydrogen-bond acceptors (Lipinski definition) is 4. The molecule has 1 saturated heterocycles. The van der Waals surface area contributed by atoms with Gasteiger partial charge >= 0.3 is 0 Å². The van der Waals surface area contributed by atoms with E-state index in [2.05, 4.69) is 4.90 Å². The maximum Gasteiger partial charge on any atom is 0.197 e. The molecule has 1 fully saturated rings. The number of hydrogen-bond donors (Lipinski definition) is 2. The molecule has 2 aromatic rings. The molecule has 0 radical (unpaired) electrons. The number of rotatable bonds is 4. The SMILES string of the molecule is O=C(c1ccccc1N1CCC(O)CC1)C(O)c1ccccc1. The van der Waals surface area contributed by atoms with Gasteiger partial charge in [0.05, 0.1) is 6.10 Å². The minimum atomic E-state index is -1.16. The van der Waals surface area contributed by atoms with Gasteiger partial charge < -0.3 is 15.1 Å². The second-order valence-corrected chi connectivity index (χ2v) is 5.91. The smallest absolute Gasteiger partial charge is 0.197 e.